The topological polar surface area (TPSA) is 81.4 Å². The van der Waals surface area contributed by atoms with E-state index in [0.717, 1.165) is 11.1 Å². The van der Waals surface area contributed by atoms with E-state index in [1.165, 1.54) is 0 Å². The molecule has 150 valence electrons. The van der Waals surface area contributed by atoms with E-state index in [9.17, 15) is 9.59 Å². The Kier molecular flexibility index (Phi) is 5.30. The van der Waals surface area contributed by atoms with E-state index in [-0.39, 0.29) is 17.9 Å². The van der Waals surface area contributed by atoms with E-state index >= 15 is 0 Å². The van der Waals surface area contributed by atoms with Gasteiger partial charge in [-0.25, -0.2) is 4.98 Å². The molecule has 0 atom stereocenters. The molecule has 1 amide bonds. The van der Waals surface area contributed by atoms with Crippen molar-refractivity contribution < 1.29 is 13.9 Å². The molecule has 6 heteroatoms. The third kappa shape index (κ3) is 4.07. The van der Waals surface area contributed by atoms with Gasteiger partial charge >= 0.3 is 0 Å². The lowest BCUT2D eigenvalue weighted by Crippen LogP contribution is -2.20. The highest BCUT2D eigenvalue weighted by Gasteiger charge is 2.14. The normalized spacial score (nSPS) is 10.7. The number of nitrogens with one attached hydrogen (secondary N) is 1. The molecule has 0 aliphatic heterocycles. The van der Waals surface area contributed by atoms with Crippen molar-refractivity contribution in [2.45, 2.75) is 13.8 Å². The summed E-state index contributed by atoms with van der Waals surface area (Å²) in [7, 11) is 0. The van der Waals surface area contributed by atoms with Crippen molar-refractivity contribution in [2.75, 3.05) is 11.9 Å². The van der Waals surface area contributed by atoms with E-state index in [0.29, 0.717) is 33.9 Å². The fraction of sp³-hybridized carbons (Fsp3) is 0.125. The van der Waals surface area contributed by atoms with Crippen LogP contribution in [0.2, 0.25) is 0 Å². The highest BCUT2D eigenvalue weighted by Crippen LogP contribution is 2.26. The number of nitrogens with zero attached hydrogens (tertiary/aromatic N) is 1. The smallest absolute Gasteiger partial charge is 0.263 e. The molecule has 2 heterocycles. The maximum atomic E-state index is 13.0. The molecule has 0 bridgehead atoms. The largest absolute Gasteiger partial charge is 0.484 e. The van der Waals surface area contributed by atoms with Crippen LogP contribution in [0.4, 0.5) is 5.82 Å². The Morgan fingerprint density at radius 3 is 2.63 bits per heavy atom. The number of anilines is 1. The molecule has 0 radical (unpaired) electrons. The minimum atomic E-state index is -0.328. The summed E-state index contributed by atoms with van der Waals surface area (Å²) < 4.78 is 11.5. The monoisotopic (exact) mass is 400 g/mol. The van der Waals surface area contributed by atoms with Gasteiger partial charge in [-0.3, -0.25) is 9.59 Å². The van der Waals surface area contributed by atoms with Crippen LogP contribution in [0.25, 0.3) is 22.1 Å². The molecule has 30 heavy (non-hydrogen) atoms. The number of amides is 1. The number of benzene rings is 2. The van der Waals surface area contributed by atoms with Gasteiger partial charge in [0.15, 0.2) is 6.61 Å². The van der Waals surface area contributed by atoms with E-state index in [4.69, 9.17) is 9.15 Å². The first kappa shape index (κ1) is 19.4. The molecule has 0 saturated carbocycles. The SMILES string of the molecule is Cc1ccnc(NC(=O)COc2ccc3c(=O)c(-c4ccccc4)c(C)oc3c2)c1. The van der Waals surface area contributed by atoms with E-state index < -0.39 is 0 Å². The van der Waals surface area contributed by atoms with Crippen LogP contribution in [0.15, 0.2) is 76.1 Å². The second-order valence-electron chi connectivity index (χ2n) is 6.94. The number of carbonyl (C=O) groups excluding carboxylic acids is 1. The number of ether oxygens (including phenoxy) is 1. The second kappa shape index (κ2) is 8.21. The standard InChI is InChI=1S/C24H20N2O4/c1-15-10-11-25-21(12-15)26-22(27)14-29-18-8-9-19-20(13-18)30-16(2)23(24(19)28)17-6-4-3-5-7-17/h3-13H,14H2,1-2H3,(H,25,26,27). The fourth-order valence-corrected chi connectivity index (χ4v) is 3.25. The van der Waals surface area contributed by atoms with Gasteiger partial charge in [0.1, 0.15) is 22.9 Å². The minimum Gasteiger partial charge on any atom is -0.484 e. The Balaban J connectivity index is 1.54. The zero-order chi connectivity index (χ0) is 21.1. The Morgan fingerprint density at radius 2 is 1.87 bits per heavy atom. The quantitative estimate of drug-likeness (QED) is 0.534. The first-order valence-electron chi connectivity index (χ1n) is 9.49. The van der Waals surface area contributed by atoms with Crippen molar-refractivity contribution in [1.82, 2.24) is 4.98 Å². The van der Waals surface area contributed by atoms with Crippen molar-refractivity contribution in [1.29, 1.82) is 0 Å². The summed E-state index contributed by atoms with van der Waals surface area (Å²) in [5.41, 5.74) is 2.66. The van der Waals surface area contributed by atoms with E-state index in [1.807, 2.05) is 43.3 Å². The van der Waals surface area contributed by atoms with Gasteiger partial charge in [-0.1, -0.05) is 30.3 Å². The van der Waals surface area contributed by atoms with Gasteiger partial charge in [-0.2, -0.15) is 0 Å². The number of rotatable bonds is 5. The third-order valence-corrected chi connectivity index (χ3v) is 4.66. The maximum Gasteiger partial charge on any atom is 0.263 e. The van der Waals surface area contributed by atoms with Gasteiger partial charge in [0.05, 0.1) is 10.9 Å². The van der Waals surface area contributed by atoms with Crippen molar-refractivity contribution in [3.63, 3.8) is 0 Å². The Bertz CT molecular complexity index is 1280. The van der Waals surface area contributed by atoms with Crippen molar-refractivity contribution >= 4 is 22.7 Å². The predicted octanol–water partition coefficient (Wildman–Crippen LogP) is 4.49. The molecular weight excluding hydrogens is 380 g/mol. The number of carbonyl (C=O) groups is 1. The van der Waals surface area contributed by atoms with Gasteiger partial charge in [0.25, 0.3) is 5.91 Å². The van der Waals surface area contributed by atoms with Crippen LogP contribution in [0.3, 0.4) is 0 Å². The van der Waals surface area contributed by atoms with Gasteiger partial charge in [0.2, 0.25) is 5.43 Å². The molecule has 0 aliphatic carbocycles. The molecule has 4 aromatic rings. The number of aryl methyl sites for hydroxylation is 2. The second-order valence-corrected chi connectivity index (χ2v) is 6.94. The first-order valence-corrected chi connectivity index (χ1v) is 9.49. The average molecular weight is 400 g/mol. The van der Waals surface area contributed by atoms with Gasteiger partial charge in [-0.05, 0) is 49.2 Å². The van der Waals surface area contributed by atoms with Gasteiger partial charge in [0, 0.05) is 12.3 Å². The van der Waals surface area contributed by atoms with Crippen LogP contribution in [-0.2, 0) is 4.79 Å². The highest BCUT2D eigenvalue weighted by atomic mass is 16.5. The number of hydrogen-bond acceptors (Lipinski definition) is 5. The number of fused-ring (bicyclic) bond motifs is 1. The van der Waals surface area contributed by atoms with E-state index in [2.05, 4.69) is 10.3 Å². The fourth-order valence-electron chi connectivity index (χ4n) is 3.25. The summed E-state index contributed by atoms with van der Waals surface area (Å²) >= 11 is 0. The van der Waals surface area contributed by atoms with Gasteiger partial charge < -0.3 is 14.5 Å². The molecule has 2 aromatic carbocycles. The van der Waals surface area contributed by atoms with E-state index in [1.54, 1.807) is 37.4 Å². The average Bonchev–Trinajstić information content (AvgIpc) is 2.73. The Labute approximate surface area is 173 Å². The lowest BCUT2D eigenvalue weighted by molar-refractivity contribution is -0.118. The van der Waals surface area contributed by atoms with Crippen LogP contribution in [0.5, 0.6) is 5.75 Å². The minimum absolute atomic E-state index is 0.102. The van der Waals surface area contributed by atoms with Crippen LogP contribution in [0.1, 0.15) is 11.3 Å². The summed E-state index contributed by atoms with van der Waals surface area (Å²) in [4.78, 5) is 29.2. The van der Waals surface area contributed by atoms with Crippen LogP contribution in [-0.4, -0.2) is 17.5 Å². The van der Waals surface area contributed by atoms with Gasteiger partial charge in [-0.15, -0.1) is 0 Å². The predicted molar refractivity (Wildman–Crippen MR) is 116 cm³/mol. The molecule has 1 N–H and O–H groups in total. The van der Waals surface area contributed by atoms with Crippen LogP contribution in [0, 0.1) is 13.8 Å². The number of hydrogen-bond donors (Lipinski definition) is 1. The summed E-state index contributed by atoms with van der Waals surface area (Å²) in [5.74, 6) is 1.10. The number of pyridine rings is 1. The molecule has 6 nitrogen and oxygen atoms in total. The molecule has 4 rings (SSSR count). The summed E-state index contributed by atoms with van der Waals surface area (Å²) in [5, 5.41) is 3.14. The molecule has 0 fully saturated rings. The number of aromatic nitrogens is 1. The molecule has 0 spiro atoms. The highest BCUT2D eigenvalue weighted by molar-refractivity contribution is 5.91. The third-order valence-electron chi connectivity index (χ3n) is 4.66. The molecule has 2 aromatic heterocycles. The molecular formula is C24H20N2O4. The van der Waals surface area contributed by atoms with Crippen LogP contribution < -0.4 is 15.5 Å². The zero-order valence-electron chi connectivity index (χ0n) is 16.6. The Morgan fingerprint density at radius 1 is 1.07 bits per heavy atom. The van der Waals surface area contributed by atoms with Crippen LogP contribution >= 0.6 is 0 Å². The molecule has 0 unspecified atom stereocenters. The summed E-state index contributed by atoms with van der Waals surface area (Å²) in [6.07, 6.45) is 1.63. The van der Waals surface area contributed by atoms with Crippen molar-refractivity contribution in [2.24, 2.45) is 0 Å². The molecule has 0 aliphatic rings. The maximum absolute atomic E-state index is 13.0. The summed E-state index contributed by atoms with van der Waals surface area (Å²) in [6, 6.07) is 18.0. The zero-order valence-corrected chi connectivity index (χ0v) is 16.6. The van der Waals surface area contributed by atoms with Crippen molar-refractivity contribution in [3.8, 4) is 16.9 Å². The summed E-state index contributed by atoms with van der Waals surface area (Å²) in [6.45, 7) is 3.49. The first-order chi connectivity index (χ1) is 14.5. The lowest BCUT2D eigenvalue weighted by Gasteiger charge is -2.10. The Hall–Kier alpha value is -3.93. The lowest BCUT2D eigenvalue weighted by atomic mass is 10.0. The molecule has 0 saturated heterocycles. The van der Waals surface area contributed by atoms with Crippen molar-refractivity contribution in [3.05, 3.63) is 88.4 Å².